The minimum atomic E-state index is -2.29. The predicted molar refractivity (Wildman–Crippen MR) is 62.1 cm³/mol. The van der Waals surface area contributed by atoms with E-state index in [1.54, 1.807) is 5.32 Å². The lowest BCUT2D eigenvalue weighted by molar-refractivity contribution is 0.102. The van der Waals surface area contributed by atoms with Gasteiger partial charge in [-0.3, -0.25) is 9.48 Å². The number of aromatic nitrogens is 2. The van der Waals surface area contributed by atoms with Crippen LogP contribution in [-0.4, -0.2) is 15.7 Å². The first-order valence-corrected chi connectivity index (χ1v) is 5.57. The molecule has 0 saturated heterocycles. The highest BCUT2D eigenvalue weighted by molar-refractivity contribution is 6.05. The summed E-state index contributed by atoms with van der Waals surface area (Å²) in [5.74, 6) is -11.8. The smallest absolute Gasteiger partial charge is 0.259 e. The fourth-order valence-electron chi connectivity index (χ4n) is 1.72. The number of nitrogens with zero attached hydrogens (tertiary/aromatic N) is 2. The first-order valence-electron chi connectivity index (χ1n) is 5.57. The normalized spacial score (nSPS) is 10.8. The van der Waals surface area contributed by atoms with Crippen molar-refractivity contribution in [1.82, 2.24) is 9.78 Å². The molecule has 1 N–H and O–H groups in total. The van der Waals surface area contributed by atoms with Crippen LogP contribution in [0.1, 0.15) is 16.1 Å². The van der Waals surface area contributed by atoms with Gasteiger partial charge in [0.15, 0.2) is 23.3 Å². The van der Waals surface area contributed by atoms with Crippen molar-refractivity contribution >= 4 is 11.6 Å². The third-order valence-electron chi connectivity index (χ3n) is 2.71. The Hall–Kier alpha value is -2.45. The van der Waals surface area contributed by atoms with E-state index in [0.717, 1.165) is 0 Å². The molecule has 0 saturated carbocycles. The number of rotatable bonds is 2. The van der Waals surface area contributed by atoms with E-state index >= 15 is 0 Å². The molecular formula is C12H8F5N3O. The van der Waals surface area contributed by atoms with Crippen molar-refractivity contribution in [3.63, 3.8) is 0 Å². The van der Waals surface area contributed by atoms with Gasteiger partial charge < -0.3 is 5.32 Å². The predicted octanol–water partition coefficient (Wildman–Crippen LogP) is 2.68. The summed E-state index contributed by atoms with van der Waals surface area (Å²) >= 11 is 0. The molecule has 1 heterocycles. The van der Waals surface area contributed by atoms with Crippen LogP contribution in [0.25, 0.3) is 0 Å². The number of anilines is 1. The van der Waals surface area contributed by atoms with Crippen LogP contribution in [0.15, 0.2) is 6.20 Å². The van der Waals surface area contributed by atoms with Gasteiger partial charge in [0.2, 0.25) is 5.82 Å². The summed E-state index contributed by atoms with van der Waals surface area (Å²) in [6.45, 7) is 1.45. The van der Waals surface area contributed by atoms with Crippen molar-refractivity contribution in [2.75, 3.05) is 5.32 Å². The molecule has 4 nitrogen and oxygen atoms in total. The Morgan fingerprint density at radius 1 is 1.05 bits per heavy atom. The molecule has 21 heavy (non-hydrogen) atoms. The van der Waals surface area contributed by atoms with Crippen LogP contribution in [0, 0.1) is 36.0 Å². The third kappa shape index (κ3) is 2.46. The Balaban J connectivity index is 2.45. The van der Waals surface area contributed by atoms with Gasteiger partial charge in [-0.15, -0.1) is 0 Å². The molecule has 0 atom stereocenters. The summed E-state index contributed by atoms with van der Waals surface area (Å²) in [6.07, 6.45) is 1.25. The maximum atomic E-state index is 13.4. The number of nitrogens with one attached hydrogen (secondary N) is 1. The number of benzene rings is 1. The number of amides is 1. The van der Waals surface area contributed by atoms with Gasteiger partial charge in [0.1, 0.15) is 5.69 Å². The zero-order chi connectivity index (χ0) is 15.9. The van der Waals surface area contributed by atoms with Gasteiger partial charge in [-0.05, 0) is 6.92 Å². The van der Waals surface area contributed by atoms with Crippen molar-refractivity contribution in [3.05, 3.63) is 46.5 Å². The van der Waals surface area contributed by atoms with Crippen LogP contribution < -0.4 is 5.32 Å². The van der Waals surface area contributed by atoms with Gasteiger partial charge in [-0.2, -0.15) is 5.10 Å². The topological polar surface area (TPSA) is 46.9 Å². The Kier molecular flexibility index (Phi) is 3.67. The lowest BCUT2D eigenvalue weighted by Crippen LogP contribution is -2.17. The van der Waals surface area contributed by atoms with E-state index in [1.165, 1.54) is 24.9 Å². The number of hydrogen-bond donors (Lipinski definition) is 1. The maximum absolute atomic E-state index is 13.4. The molecule has 0 fully saturated rings. The van der Waals surface area contributed by atoms with E-state index in [9.17, 15) is 26.7 Å². The molecule has 1 aromatic heterocycles. The van der Waals surface area contributed by atoms with Gasteiger partial charge >= 0.3 is 0 Å². The molecular weight excluding hydrogens is 297 g/mol. The third-order valence-corrected chi connectivity index (χ3v) is 2.71. The number of aryl methyl sites for hydroxylation is 2. The summed E-state index contributed by atoms with van der Waals surface area (Å²) in [5, 5.41) is 5.50. The van der Waals surface area contributed by atoms with Crippen molar-refractivity contribution < 1.29 is 26.7 Å². The summed E-state index contributed by atoms with van der Waals surface area (Å²) < 4.78 is 67.0. The largest absolute Gasteiger partial charge is 0.317 e. The van der Waals surface area contributed by atoms with E-state index < -0.39 is 40.7 Å². The first-order chi connectivity index (χ1) is 9.73. The molecule has 0 radical (unpaired) electrons. The minimum absolute atomic E-state index is 0.0542. The summed E-state index contributed by atoms with van der Waals surface area (Å²) in [5.41, 5.74) is -1.22. The monoisotopic (exact) mass is 305 g/mol. The van der Waals surface area contributed by atoms with E-state index in [0.29, 0.717) is 0 Å². The Labute approximate surface area is 115 Å². The van der Waals surface area contributed by atoms with E-state index in [2.05, 4.69) is 5.10 Å². The molecule has 112 valence electrons. The van der Waals surface area contributed by atoms with Crippen LogP contribution in [0.5, 0.6) is 0 Å². The van der Waals surface area contributed by atoms with E-state index in [-0.39, 0.29) is 11.3 Å². The molecule has 0 aliphatic rings. The SMILES string of the molecule is Cc1nn(C)cc1C(=O)Nc1c(F)c(F)c(F)c(F)c1F. The highest BCUT2D eigenvalue weighted by Gasteiger charge is 2.27. The second kappa shape index (κ2) is 5.15. The van der Waals surface area contributed by atoms with E-state index in [1.807, 2.05) is 0 Å². The maximum Gasteiger partial charge on any atom is 0.259 e. The number of halogens is 5. The molecule has 0 unspecified atom stereocenters. The van der Waals surface area contributed by atoms with Crippen LogP contribution in [-0.2, 0) is 7.05 Å². The summed E-state index contributed by atoms with van der Waals surface area (Å²) in [4.78, 5) is 11.8. The fraction of sp³-hybridized carbons (Fsp3) is 0.167. The molecule has 0 bridgehead atoms. The standard InChI is InChI=1S/C12H8F5N3O/c1-4-5(3-20(2)19-4)12(21)18-11-9(16)7(14)6(13)8(15)10(11)17/h3H,1-2H3,(H,18,21). The quantitative estimate of drug-likeness (QED) is 0.527. The van der Waals surface area contributed by atoms with Gasteiger partial charge in [-0.25, -0.2) is 22.0 Å². The molecule has 2 aromatic rings. The van der Waals surface area contributed by atoms with Crippen molar-refractivity contribution in [2.24, 2.45) is 7.05 Å². The molecule has 1 aromatic carbocycles. The van der Waals surface area contributed by atoms with Crippen LogP contribution >= 0.6 is 0 Å². The lowest BCUT2D eigenvalue weighted by Gasteiger charge is -2.09. The number of carbonyl (C=O) groups is 1. The van der Waals surface area contributed by atoms with Crippen molar-refractivity contribution in [2.45, 2.75) is 6.92 Å². The van der Waals surface area contributed by atoms with Gasteiger partial charge in [0.25, 0.3) is 5.91 Å². The highest BCUT2D eigenvalue weighted by Crippen LogP contribution is 2.27. The lowest BCUT2D eigenvalue weighted by atomic mass is 10.2. The van der Waals surface area contributed by atoms with E-state index in [4.69, 9.17) is 0 Å². The first kappa shape index (κ1) is 14.9. The molecule has 9 heteroatoms. The number of carbonyl (C=O) groups excluding carboxylic acids is 1. The average molecular weight is 305 g/mol. The Bertz CT molecular complexity index is 712. The van der Waals surface area contributed by atoms with Gasteiger partial charge in [0.05, 0.1) is 11.3 Å². The zero-order valence-corrected chi connectivity index (χ0v) is 10.8. The van der Waals surface area contributed by atoms with Gasteiger partial charge in [-0.1, -0.05) is 0 Å². The highest BCUT2D eigenvalue weighted by atomic mass is 19.2. The van der Waals surface area contributed by atoms with Crippen LogP contribution in [0.3, 0.4) is 0 Å². The average Bonchev–Trinajstić information content (AvgIpc) is 2.78. The molecule has 1 amide bonds. The summed E-state index contributed by atoms with van der Waals surface area (Å²) in [6, 6.07) is 0. The molecule has 0 spiro atoms. The Morgan fingerprint density at radius 3 is 1.95 bits per heavy atom. The Morgan fingerprint density at radius 2 is 1.52 bits per heavy atom. The fourth-order valence-corrected chi connectivity index (χ4v) is 1.72. The second-order valence-corrected chi connectivity index (χ2v) is 4.20. The van der Waals surface area contributed by atoms with Crippen molar-refractivity contribution in [3.8, 4) is 0 Å². The molecule has 0 aliphatic carbocycles. The van der Waals surface area contributed by atoms with Crippen LogP contribution in [0.4, 0.5) is 27.6 Å². The minimum Gasteiger partial charge on any atom is -0.317 e. The zero-order valence-electron chi connectivity index (χ0n) is 10.8. The second-order valence-electron chi connectivity index (χ2n) is 4.20. The molecule has 0 aliphatic heterocycles. The van der Waals surface area contributed by atoms with Gasteiger partial charge in [0, 0.05) is 13.2 Å². The van der Waals surface area contributed by atoms with Crippen LogP contribution in [0.2, 0.25) is 0 Å². The van der Waals surface area contributed by atoms with Crippen molar-refractivity contribution in [1.29, 1.82) is 0 Å². The molecule has 2 rings (SSSR count). The number of hydrogen-bond acceptors (Lipinski definition) is 2. The summed E-state index contributed by atoms with van der Waals surface area (Å²) in [7, 11) is 1.50.